The number of primary sulfonamides is 1. The molecule has 0 aliphatic carbocycles. The van der Waals surface area contributed by atoms with E-state index in [-0.39, 0.29) is 18.3 Å². The smallest absolute Gasteiger partial charge is 0.238 e. The van der Waals surface area contributed by atoms with Gasteiger partial charge in [-0.25, -0.2) is 13.6 Å². The van der Waals surface area contributed by atoms with Crippen LogP contribution in [0, 0.1) is 0 Å². The van der Waals surface area contributed by atoms with Crippen molar-refractivity contribution in [2.24, 2.45) is 5.14 Å². The molecular weight excluding hydrogens is 384 g/mol. The first kappa shape index (κ1) is 20.6. The summed E-state index contributed by atoms with van der Waals surface area (Å²) in [4.78, 5) is 0.107. The van der Waals surface area contributed by atoms with E-state index in [9.17, 15) is 13.5 Å². The van der Waals surface area contributed by atoms with E-state index in [0.717, 1.165) is 29.8 Å². The molecule has 2 aromatic rings. The number of nitrogens with two attached hydrogens (primary N) is 2. The highest BCUT2D eigenvalue weighted by molar-refractivity contribution is 7.89. The van der Waals surface area contributed by atoms with Gasteiger partial charge in [-0.2, -0.15) is 0 Å². The molecule has 28 heavy (non-hydrogen) atoms. The molecule has 8 nitrogen and oxygen atoms in total. The van der Waals surface area contributed by atoms with E-state index in [1.165, 1.54) is 12.1 Å². The highest BCUT2D eigenvalue weighted by Crippen LogP contribution is 2.32. The van der Waals surface area contributed by atoms with Gasteiger partial charge in [0.25, 0.3) is 0 Å². The lowest BCUT2D eigenvalue weighted by atomic mass is 10.1. The zero-order valence-electron chi connectivity index (χ0n) is 15.4. The molecule has 1 atom stereocenters. The highest BCUT2D eigenvalue weighted by atomic mass is 32.2. The van der Waals surface area contributed by atoms with Gasteiger partial charge in [-0.05, 0) is 35.4 Å². The van der Waals surface area contributed by atoms with Crippen LogP contribution in [0.15, 0.2) is 47.4 Å². The van der Waals surface area contributed by atoms with E-state index in [2.05, 4.69) is 0 Å². The third-order valence-corrected chi connectivity index (χ3v) is 5.27. The fraction of sp³-hybridized carbons (Fsp3) is 0.368. The normalized spacial score (nSPS) is 14.2. The number of aliphatic hydroxyl groups is 1. The third kappa shape index (κ3) is 5.91. The van der Waals surface area contributed by atoms with Gasteiger partial charge in [0.05, 0.1) is 24.7 Å². The fourth-order valence-electron chi connectivity index (χ4n) is 2.84. The van der Waals surface area contributed by atoms with Crippen molar-refractivity contribution in [1.29, 1.82) is 0 Å². The topological polar surface area (TPSA) is 125 Å². The molecule has 0 aromatic heterocycles. The number of rotatable bonds is 10. The van der Waals surface area contributed by atoms with Crippen LogP contribution >= 0.6 is 0 Å². The highest BCUT2D eigenvalue weighted by Gasteiger charge is 2.14. The van der Waals surface area contributed by atoms with Gasteiger partial charge in [0, 0.05) is 6.42 Å². The van der Waals surface area contributed by atoms with Gasteiger partial charge in [0.15, 0.2) is 11.5 Å². The molecule has 0 amide bonds. The Hall–Kier alpha value is -2.17. The van der Waals surface area contributed by atoms with E-state index < -0.39 is 16.1 Å². The van der Waals surface area contributed by atoms with Gasteiger partial charge in [-0.1, -0.05) is 18.2 Å². The second kappa shape index (κ2) is 9.35. The summed E-state index contributed by atoms with van der Waals surface area (Å²) in [6.45, 7) is 2.17. The second-order valence-corrected chi connectivity index (χ2v) is 8.17. The maximum Gasteiger partial charge on any atom is 0.238 e. The summed E-state index contributed by atoms with van der Waals surface area (Å²) in [6.07, 6.45) is 0.189. The lowest BCUT2D eigenvalue weighted by Crippen LogP contribution is -2.87. The van der Waals surface area contributed by atoms with E-state index in [1.54, 1.807) is 12.1 Å². The molecule has 0 bridgehead atoms. The van der Waals surface area contributed by atoms with Crippen LogP contribution in [0.5, 0.6) is 11.5 Å². The molecule has 1 aliphatic rings. The summed E-state index contributed by atoms with van der Waals surface area (Å²) < 4.78 is 38.6. The average molecular weight is 409 g/mol. The minimum Gasteiger partial charge on any atom is -0.454 e. The molecule has 0 radical (unpaired) electrons. The molecule has 1 aliphatic heterocycles. The minimum atomic E-state index is -3.66. The first-order valence-electron chi connectivity index (χ1n) is 8.99. The Balaban J connectivity index is 1.31. The number of quaternary nitrogens is 1. The molecule has 5 N–H and O–H groups in total. The Kier molecular flexibility index (Phi) is 6.87. The fourth-order valence-corrected chi connectivity index (χ4v) is 3.35. The van der Waals surface area contributed by atoms with E-state index in [4.69, 9.17) is 19.3 Å². The Morgan fingerprint density at radius 1 is 1.11 bits per heavy atom. The van der Waals surface area contributed by atoms with Crippen LogP contribution in [0.25, 0.3) is 0 Å². The van der Waals surface area contributed by atoms with Gasteiger partial charge in [0.2, 0.25) is 16.8 Å². The monoisotopic (exact) mass is 409 g/mol. The third-order valence-electron chi connectivity index (χ3n) is 4.34. The van der Waals surface area contributed by atoms with E-state index >= 15 is 0 Å². The Morgan fingerprint density at radius 2 is 1.82 bits per heavy atom. The Bertz CT molecular complexity index is 886. The summed E-state index contributed by atoms with van der Waals surface area (Å²) in [5.41, 5.74) is 1.97. The maximum atomic E-state index is 11.2. The molecular formula is C19H25N2O6S+. The molecule has 0 unspecified atom stereocenters. The van der Waals surface area contributed by atoms with Crippen LogP contribution in [0.1, 0.15) is 11.1 Å². The zero-order chi connectivity index (χ0) is 20.0. The van der Waals surface area contributed by atoms with Crippen molar-refractivity contribution in [2.45, 2.75) is 24.0 Å². The summed E-state index contributed by atoms with van der Waals surface area (Å²) in [6, 6.07) is 12.1. The predicted molar refractivity (Wildman–Crippen MR) is 101 cm³/mol. The lowest BCUT2D eigenvalue weighted by Gasteiger charge is -2.11. The summed E-state index contributed by atoms with van der Waals surface area (Å²) in [5, 5.41) is 17.1. The Morgan fingerprint density at radius 3 is 2.57 bits per heavy atom. The molecule has 0 saturated heterocycles. The van der Waals surface area contributed by atoms with Crippen molar-refractivity contribution >= 4 is 10.0 Å². The molecule has 2 aromatic carbocycles. The number of sulfonamides is 1. The second-order valence-electron chi connectivity index (χ2n) is 6.61. The minimum absolute atomic E-state index is 0.107. The molecule has 0 fully saturated rings. The number of hydrogen-bond donors (Lipinski definition) is 3. The standard InChI is InChI=1S/C19H24N2O6S/c20-28(23,24)17-4-1-14(2-5-17)7-8-21-10-16(22)12-25-11-15-3-6-18-19(9-15)27-13-26-18/h1-6,9,16,21-22H,7-8,10-13H2,(H2,20,23,24)/p+1/t16-/m0/s1. The number of ether oxygens (including phenoxy) is 3. The van der Waals surface area contributed by atoms with Crippen LogP contribution < -0.4 is 19.9 Å². The van der Waals surface area contributed by atoms with E-state index in [1.807, 2.05) is 23.5 Å². The van der Waals surface area contributed by atoms with Crippen molar-refractivity contribution in [3.63, 3.8) is 0 Å². The summed E-state index contributed by atoms with van der Waals surface area (Å²) in [7, 11) is -3.66. The quantitative estimate of drug-likeness (QED) is 0.465. The van der Waals surface area contributed by atoms with Crippen molar-refractivity contribution in [3.05, 3.63) is 53.6 Å². The molecule has 152 valence electrons. The molecule has 0 spiro atoms. The van der Waals surface area contributed by atoms with Crippen LogP contribution in [0.2, 0.25) is 0 Å². The first-order chi connectivity index (χ1) is 13.4. The molecule has 3 rings (SSSR count). The largest absolute Gasteiger partial charge is 0.454 e. The summed E-state index contributed by atoms with van der Waals surface area (Å²) in [5.74, 6) is 1.45. The average Bonchev–Trinajstić information content (AvgIpc) is 3.13. The Labute approximate surface area is 164 Å². The number of aliphatic hydroxyl groups excluding tert-OH is 1. The molecule has 9 heteroatoms. The van der Waals surface area contributed by atoms with Gasteiger partial charge in [0.1, 0.15) is 12.6 Å². The van der Waals surface area contributed by atoms with Crippen molar-refractivity contribution < 1.29 is 33.1 Å². The van der Waals surface area contributed by atoms with Crippen molar-refractivity contribution in [2.75, 3.05) is 26.5 Å². The number of hydrogen-bond acceptors (Lipinski definition) is 6. The first-order valence-corrected chi connectivity index (χ1v) is 10.5. The van der Waals surface area contributed by atoms with Crippen LogP contribution in [0.4, 0.5) is 0 Å². The van der Waals surface area contributed by atoms with Gasteiger partial charge >= 0.3 is 0 Å². The molecule has 0 saturated carbocycles. The van der Waals surface area contributed by atoms with Crippen LogP contribution in [-0.2, 0) is 27.8 Å². The van der Waals surface area contributed by atoms with Crippen molar-refractivity contribution in [1.82, 2.24) is 0 Å². The number of fused-ring (bicyclic) bond motifs is 1. The molecule has 1 heterocycles. The van der Waals surface area contributed by atoms with E-state index in [0.29, 0.717) is 18.9 Å². The van der Waals surface area contributed by atoms with Gasteiger partial charge in [-0.15, -0.1) is 0 Å². The van der Waals surface area contributed by atoms with Crippen molar-refractivity contribution in [3.8, 4) is 11.5 Å². The predicted octanol–water partition coefficient (Wildman–Crippen LogP) is -0.254. The lowest BCUT2D eigenvalue weighted by molar-refractivity contribution is -0.660. The number of benzene rings is 2. The van der Waals surface area contributed by atoms with Crippen LogP contribution in [-0.4, -0.2) is 46.1 Å². The van der Waals surface area contributed by atoms with Crippen LogP contribution in [0.3, 0.4) is 0 Å². The van der Waals surface area contributed by atoms with Gasteiger partial charge < -0.3 is 24.6 Å². The maximum absolute atomic E-state index is 11.2. The SMILES string of the molecule is NS(=O)(=O)c1ccc(CC[NH2+]C[C@H](O)COCc2ccc3c(c2)OCO3)cc1. The zero-order valence-corrected chi connectivity index (χ0v) is 16.2. The van der Waals surface area contributed by atoms with Gasteiger partial charge in [-0.3, -0.25) is 0 Å². The summed E-state index contributed by atoms with van der Waals surface area (Å²) >= 11 is 0.